The number of carbonyl (C=O) groups is 2. The molecule has 0 aliphatic carbocycles. The Labute approximate surface area is 192 Å². The van der Waals surface area contributed by atoms with Crippen molar-refractivity contribution in [3.63, 3.8) is 0 Å². The Morgan fingerprint density at radius 3 is 2.56 bits per heavy atom. The van der Waals surface area contributed by atoms with Gasteiger partial charge in [-0.05, 0) is 42.0 Å². The van der Waals surface area contributed by atoms with Crippen LogP contribution < -0.4 is 14.4 Å². The number of alkyl halides is 3. The second-order valence-electron chi connectivity index (χ2n) is 8.13. The lowest BCUT2D eigenvalue weighted by Gasteiger charge is -2.23. The maximum Gasteiger partial charge on any atom is 0.416 e. The first-order chi connectivity index (χ1) is 16.2. The minimum Gasteiger partial charge on any atom is -0.454 e. The van der Waals surface area contributed by atoms with Crippen LogP contribution in [-0.4, -0.2) is 23.6 Å². The molecule has 5 rings (SSSR count). The van der Waals surface area contributed by atoms with E-state index in [0.717, 1.165) is 12.1 Å². The molecular weight excluding hydrogens is 451 g/mol. The van der Waals surface area contributed by atoms with E-state index < -0.39 is 35.5 Å². The van der Waals surface area contributed by atoms with E-state index in [1.165, 1.54) is 35.2 Å². The number of benzene rings is 3. The van der Waals surface area contributed by atoms with Crippen molar-refractivity contribution in [3.05, 3.63) is 89.0 Å². The van der Waals surface area contributed by atoms with Crippen LogP contribution in [0.2, 0.25) is 0 Å². The molecule has 1 atom stereocenters. The van der Waals surface area contributed by atoms with Gasteiger partial charge in [-0.15, -0.1) is 0 Å². The van der Waals surface area contributed by atoms with Gasteiger partial charge in [0.2, 0.25) is 6.79 Å². The number of para-hydroxylation sites is 1. The lowest BCUT2D eigenvalue weighted by Crippen LogP contribution is -2.41. The van der Waals surface area contributed by atoms with Crippen molar-refractivity contribution in [2.75, 3.05) is 11.7 Å². The molecular formula is C25H18F3NO5. The average molecular weight is 469 g/mol. The molecule has 2 aliphatic rings. The third-order valence-electron chi connectivity index (χ3n) is 5.95. The van der Waals surface area contributed by atoms with E-state index >= 15 is 0 Å². The molecule has 3 aromatic carbocycles. The molecule has 34 heavy (non-hydrogen) atoms. The van der Waals surface area contributed by atoms with Gasteiger partial charge >= 0.3 is 6.18 Å². The minimum atomic E-state index is -4.53. The summed E-state index contributed by atoms with van der Waals surface area (Å²) in [5.74, 6) is -0.392. The highest BCUT2D eigenvalue weighted by Gasteiger charge is 2.51. The Balaban J connectivity index is 1.45. The number of rotatable bonds is 5. The Morgan fingerprint density at radius 2 is 1.76 bits per heavy atom. The Kier molecular flexibility index (Phi) is 5.09. The first-order valence-electron chi connectivity index (χ1n) is 10.4. The van der Waals surface area contributed by atoms with Crippen molar-refractivity contribution >= 4 is 17.4 Å². The summed E-state index contributed by atoms with van der Waals surface area (Å²) >= 11 is 0. The first-order valence-corrected chi connectivity index (χ1v) is 10.4. The number of fused-ring (bicyclic) bond motifs is 2. The molecule has 0 fully saturated rings. The molecule has 6 nitrogen and oxygen atoms in total. The molecule has 0 bridgehead atoms. The van der Waals surface area contributed by atoms with Crippen LogP contribution in [0.3, 0.4) is 0 Å². The van der Waals surface area contributed by atoms with Crippen LogP contribution in [0.1, 0.15) is 33.5 Å². The maximum absolute atomic E-state index is 13.4. The van der Waals surface area contributed by atoms with Gasteiger partial charge in [0.05, 0.1) is 24.2 Å². The van der Waals surface area contributed by atoms with E-state index in [1.807, 2.05) is 0 Å². The van der Waals surface area contributed by atoms with Crippen LogP contribution in [0.5, 0.6) is 11.5 Å². The molecule has 1 N–H and O–H groups in total. The molecule has 3 aromatic rings. The summed E-state index contributed by atoms with van der Waals surface area (Å²) < 4.78 is 49.9. The van der Waals surface area contributed by atoms with Gasteiger partial charge in [-0.3, -0.25) is 9.59 Å². The summed E-state index contributed by atoms with van der Waals surface area (Å²) in [6, 6.07) is 15.6. The molecule has 174 valence electrons. The first kappa shape index (κ1) is 22.0. The monoisotopic (exact) mass is 469 g/mol. The Morgan fingerprint density at radius 1 is 1.00 bits per heavy atom. The molecule has 0 spiro atoms. The lowest BCUT2D eigenvalue weighted by atomic mass is 9.88. The molecule has 1 amide bonds. The van der Waals surface area contributed by atoms with Crippen molar-refractivity contribution in [3.8, 4) is 11.5 Å². The number of amides is 1. The fourth-order valence-electron chi connectivity index (χ4n) is 4.27. The summed E-state index contributed by atoms with van der Waals surface area (Å²) in [5, 5.41) is 11.4. The van der Waals surface area contributed by atoms with Gasteiger partial charge in [0.25, 0.3) is 5.91 Å². The third kappa shape index (κ3) is 3.67. The fraction of sp³-hybridized carbons (Fsp3) is 0.200. The van der Waals surface area contributed by atoms with E-state index in [4.69, 9.17) is 9.47 Å². The zero-order chi connectivity index (χ0) is 24.1. The summed E-state index contributed by atoms with van der Waals surface area (Å²) in [4.78, 5) is 27.6. The van der Waals surface area contributed by atoms with Crippen LogP contribution in [0.4, 0.5) is 18.9 Å². The Hall–Kier alpha value is -3.85. The number of hydrogen-bond acceptors (Lipinski definition) is 5. The zero-order valence-corrected chi connectivity index (χ0v) is 17.6. The van der Waals surface area contributed by atoms with Crippen LogP contribution in [-0.2, 0) is 23.1 Å². The highest BCUT2D eigenvalue weighted by Crippen LogP contribution is 2.44. The highest BCUT2D eigenvalue weighted by atomic mass is 19.4. The number of hydrogen-bond donors (Lipinski definition) is 1. The van der Waals surface area contributed by atoms with Gasteiger partial charge < -0.3 is 19.5 Å². The number of Topliss-reactive ketones (excluding diaryl/α,β-unsaturated/α-hetero) is 1. The van der Waals surface area contributed by atoms with Gasteiger partial charge in [0.15, 0.2) is 22.9 Å². The van der Waals surface area contributed by atoms with E-state index in [1.54, 1.807) is 24.3 Å². The number of ether oxygens (including phenoxy) is 2. The summed E-state index contributed by atoms with van der Waals surface area (Å²) in [6.45, 7) is -0.159. The predicted molar refractivity (Wildman–Crippen MR) is 114 cm³/mol. The van der Waals surface area contributed by atoms with Crippen molar-refractivity contribution in [1.29, 1.82) is 0 Å². The summed E-state index contributed by atoms with van der Waals surface area (Å²) in [6.07, 6.45) is -5.07. The van der Waals surface area contributed by atoms with Crippen molar-refractivity contribution in [2.45, 2.75) is 24.7 Å². The van der Waals surface area contributed by atoms with Crippen LogP contribution in [0.15, 0.2) is 66.7 Å². The van der Waals surface area contributed by atoms with Crippen molar-refractivity contribution in [1.82, 2.24) is 0 Å². The quantitative estimate of drug-likeness (QED) is 0.559. The molecule has 2 aliphatic heterocycles. The van der Waals surface area contributed by atoms with Gasteiger partial charge in [0, 0.05) is 11.1 Å². The number of halogens is 3. The summed E-state index contributed by atoms with van der Waals surface area (Å²) in [7, 11) is 0. The van der Waals surface area contributed by atoms with Gasteiger partial charge in [-0.1, -0.05) is 30.3 Å². The number of ketones is 1. The van der Waals surface area contributed by atoms with Crippen LogP contribution >= 0.6 is 0 Å². The SMILES string of the molecule is O=C(CC1(O)C(=O)N(Cc2cccc(C(F)(F)F)c2)c2ccccc21)c1ccc2c(c1)OCO2. The smallest absolute Gasteiger partial charge is 0.416 e. The van der Waals surface area contributed by atoms with Gasteiger partial charge in [0.1, 0.15) is 0 Å². The largest absolute Gasteiger partial charge is 0.454 e. The molecule has 2 heterocycles. The number of aliphatic hydroxyl groups is 1. The second kappa shape index (κ2) is 7.88. The summed E-state index contributed by atoms with van der Waals surface area (Å²) in [5.41, 5.74) is -1.96. The molecule has 1 unspecified atom stereocenters. The van der Waals surface area contributed by atoms with Crippen molar-refractivity contribution < 1.29 is 37.3 Å². The number of anilines is 1. The molecule has 0 saturated heterocycles. The van der Waals surface area contributed by atoms with Crippen molar-refractivity contribution in [2.24, 2.45) is 0 Å². The standard InChI is InChI=1S/C25H18F3NO5/c26-25(27,28)17-5-3-4-15(10-17)13-29-19-7-2-1-6-18(19)24(32,23(29)31)12-20(30)16-8-9-21-22(11-16)34-14-33-21/h1-11,32H,12-14H2. The molecule has 0 radical (unpaired) electrons. The molecule has 0 saturated carbocycles. The van der Waals surface area contributed by atoms with Gasteiger partial charge in [-0.2, -0.15) is 13.2 Å². The second-order valence-corrected chi connectivity index (χ2v) is 8.13. The maximum atomic E-state index is 13.4. The van der Waals surface area contributed by atoms with Gasteiger partial charge in [-0.25, -0.2) is 0 Å². The Bertz CT molecular complexity index is 1310. The fourth-order valence-corrected chi connectivity index (χ4v) is 4.27. The van der Waals surface area contributed by atoms with E-state index in [-0.39, 0.29) is 30.0 Å². The average Bonchev–Trinajstić information content (AvgIpc) is 3.36. The zero-order valence-electron chi connectivity index (χ0n) is 17.6. The van der Waals surface area contributed by atoms with Crippen LogP contribution in [0, 0.1) is 0 Å². The van der Waals surface area contributed by atoms with E-state index in [2.05, 4.69) is 0 Å². The van der Waals surface area contributed by atoms with E-state index in [0.29, 0.717) is 17.2 Å². The topological polar surface area (TPSA) is 76.1 Å². The predicted octanol–water partition coefficient (Wildman–Crippen LogP) is 4.44. The van der Waals surface area contributed by atoms with E-state index in [9.17, 15) is 27.9 Å². The highest BCUT2D eigenvalue weighted by molar-refractivity contribution is 6.10. The third-order valence-corrected chi connectivity index (χ3v) is 5.95. The van der Waals surface area contributed by atoms with Crippen LogP contribution in [0.25, 0.3) is 0 Å². The minimum absolute atomic E-state index is 0.0350. The lowest BCUT2D eigenvalue weighted by molar-refractivity contribution is -0.137. The molecule has 9 heteroatoms. The normalized spacial score (nSPS) is 18.8. The number of carbonyl (C=O) groups excluding carboxylic acids is 2. The molecule has 0 aromatic heterocycles. The number of nitrogens with zero attached hydrogens (tertiary/aromatic N) is 1.